The average Bonchev–Trinajstić information content (AvgIpc) is 2.57. The number of nitrogens with zero attached hydrogens (tertiary/aromatic N) is 1. The second-order valence-corrected chi connectivity index (χ2v) is 5.16. The summed E-state index contributed by atoms with van der Waals surface area (Å²) in [5.74, 6) is -0.440. The number of aromatic nitrogens is 2. The summed E-state index contributed by atoms with van der Waals surface area (Å²) in [5, 5.41) is 1.38. The maximum absolute atomic E-state index is 11.8. The molecule has 0 unspecified atom stereocenters. The summed E-state index contributed by atoms with van der Waals surface area (Å²) in [5.41, 5.74) is 0.512. The highest BCUT2D eigenvalue weighted by molar-refractivity contribution is 6.35. The Bertz CT molecular complexity index is 569. The number of ether oxygens (including phenoxy) is 1. The van der Waals surface area contributed by atoms with E-state index in [1.54, 1.807) is 18.5 Å². The Morgan fingerprint density at radius 2 is 2.18 bits per heavy atom. The van der Waals surface area contributed by atoms with E-state index in [9.17, 15) is 4.79 Å². The van der Waals surface area contributed by atoms with Crippen LogP contribution in [0.25, 0.3) is 10.9 Å². The van der Waals surface area contributed by atoms with E-state index < -0.39 is 11.6 Å². The number of fused-ring (bicyclic) bond motifs is 1. The molecule has 0 atom stereocenters. The number of hydrogen-bond acceptors (Lipinski definition) is 3. The summed E-state index contributed by atoms with van der Waals surface area (Å²) in [7, 11) is 0. The van der Waals surface area contributed by atoms with Crippen LogP contribution in [0.15, 0.2) is 18.5 Å². The Hall–Kier alpha value is -1.55. The number of H-pyrrole nitrogens is 1. The first kappa shape index (κ1) is 11.9. The summed E-state index contributed by atoms with van der Waals surface area (Å²) >= 11 is 5.92. The Balaban J connectivity index is 2.33. The van der Waals surface area contributed by atoms with Gasteiger partial charge in [-0.3, -0.25) is 0 Å². The van der Waals surface area contributed by atoms with Crippen molar-refractivity contribution in [3.05, 3.63) is 29.2 Å². The number of rotatable bonds is 1. The van der Waals surface area contributed by atoms with Crippen molar-refractivity contribution in [3.8, 4) is 0 Å². The molecule has 0 aliphatic carbocycles. The van der Waals surface area contributed by atoms with Gasteiger partial charge in [0.2, 0.25) is 0 Å². The van der Waals surface area contributed by atoms with Crippen molar-refractivity contribution < 1.29 is 9.53 Å². The van der Waals surface area contributed by atoms with Crippen LogP contribution in [0.3, 0.4) is 0 Å². The van der Waals surface area contributed by atoms with Gasteiger partial charge in [0, 0.05) is 17.8 Å². The van der Waals surface area contributed by atoms with Gasteiger partial charge in [-0.1, -0.05) is 11.6 Å². The maximum Gasteiger partial charge on any atom is 0.357 e. The summed E-state index contributed by atoms with van der Waals surface area (Å²) in [6, 6.07) is 1.63. The standard InChI is InChI=1S/C12H13ClN2O2/c1-12(2,3)17-11(16)10-4-9-7(5-14-10)8(13)6-15-9/h4-6,15H,1-3H3. The highest BCUT2D eigenvalue weighted by Gasteiger charge is 2.19. The molecule has 2 heterocycles. The molecule has 0 aliphatic rings. The third kappa shape index (κ3) is 2.58. The molecule has 0 fully saturated rings. The summed E-state index contributed by atoms with van der Waals surface area (Å²) < 4.78 is 5.23. The molecule has 2 aromatic rings. The van der Waals surface area contributed by atoms with Crippen molar-refractivity contribution in [1.82, 2.24) is 9.97 Å². The van der Waals surface area contributed by atoms with Gasteiger partial charge in [0.1, 0.15) is 11.3 Å². The van der Waals surface area contributed by atoms with Gasteiger partial charge in [0.05, 0.1) is 10.5 Å². The lowest BCUT2D eigenvalue weighted by atomic mass is 10.2. The summed E-state index contributed by atoms with van der Waals surface area (Å²) in [6.45, 7) is 5.44. The van der Waals surface area contributed by atoms with E-state index in [4.69, 9.17) is 16.3 Å². The third-order valence-electron chi connectivity index (χ3n) is 2.12. The van der Waals surface area contributed by atoms with Gasteiger partial charge in [-0.25, -0.2) is 9.78 Å². The zero-order valence-corrected chi connectivity index (χ0v) is 10.6. The predicted octanol–water partition coefficient (Wildman–Crippen LogP) is 3.17. The molecule has 4 nitrogen and oxygen atoms in total. The molecule has 0 bridgehead atoms. The lowest BCUT2D eigenvalue weighted by molar-refractivity contribution is 0.00631. The molecule has 2 aromatic heterocycles. The highest BCUT2D eigenvalue weighted by atomic mass is 35.5. The van der Waals surface area contributed by atoms with Crippen LogP contribution in [0, 0.1) is 0 Å². The smallest absolute Gasteiger partial charge is 0.357 e. The minimum atomic E-state index is -0.527. The molecule has 0 spiro atoms. The quantitative estimate of drug-likeness (QED) is 0.793. The number of carbonyl (C=O) groups is 1. The normalized spacial score (nSPS) is 11.8. The van der Waals surface area contributed by atoms with Crippen molar-refractivity contribution in [2.75, 3.05) is 0 Å². The molecule has 2 rings (SSSR count). The Labute approximate surface area is 104 Å². The first-order valence-corrected chi connectivity index (χ1v) is 5.60. The fourth-order valence-corrected chi connectivity index (χ4v) is 1.63. The Morgan fingerprint density at radius 1 is 1.47 bits per heavy atom. The Morgan fingerprint density at radius 3 is 2.82 bits per heavy atom. The van der Waals surface area contributed by atoms with Gasteiger partial charge in [-0.05, 0) is 26.8 Å². The number of halogens is 1. The van der Waals surface area contributed by atoms with Crippen molar-refractivity contribution in [1.29, 1.82) is 0 Å². The van der Waals surface area contributed by atoms with Gasteiger partial charge in [-0.15, -0.1) is 0 Å². The molecule has 0 saturated heterocycles. The van der Waals surface area contributed by atoms with Crippen molar-refractivity contribution >= 4 is 28.5 Å². The van der Waals surface area contributed by atoms with E-state index >= 15 is 0 Å². The monoisotopic (exact) mass is 252 g/mol. The number of hydrogen-bond donors (Lipinski definition) is 1. The van der Waals surface area contributed by atoms with Crippen LogP contribution in [0.2, 0.25) is 5.02 Å². The second kappa shape index (κ2) is 4.04. The van der Waals surface area contributed by atoms with Gasteiger partial charge < -0.3 is 9.72 Å². The molecule has 0 radical (unpaired) electrons. The van der Waals surface area contributed by atoms with E-state index in [-0.39, 0.29) is 5.69 Å². The van der Waals surface area contributed by atoms with E-state index in [0.717, 1.165) is 10.9 Å². The van der Waals surface area contributed by atoms with E-state index in [0.29, 0.717) is 5.02 Å². The van der Waals surface area contributed by atoms with Crippen LogP contribution in [-0.2, 0) is 4.74 Å². The fourth-order valence-electron chi connectivity index (χ4n) is 1.43. The predicted molar refractivity (Wildman–Crippen MR) is 66.3 cm³/mol. The molecule has 5 heteroatoms. The number of nitrogens with one attached hydrogen (secondary N) is 1. The van der Waals surface area contributed by atoms with Gasteiger partial charge >= 0.3 is 5.97 Å². The van der Waals surface area contributed by atoms with E-state index in [2.05, 4.69) is 9.97 Å². The molecule has 0 saturated carbocycles. The number of pyridine rings is 1. The third-order valence-corrected chi connectivity index (χ3v) is 2.44. The van der Waals surface area contributed by atoms with Crippen LogP contribution in [-0.4, -0.2) is 21.5 Å². The van der Waals surface area contributed by atoms with E-state index in [1.807, 2.05) is 20.8 Å². The first-order chi connectivity index (χ1) is 7.87. The molecule has 90 valence electrons. The van der Waals surface area contributed by atoms with Crippen LogP contribution < -0.4 is 0 Å². The second-order valence-electron chi connectivity index (χ2n) is 4.75. The lowest BCUT2D eigenvalue weighted by Crippen LogP contribution is -2.24. The number of carbonyl (C=O) groups excluding carboxylic acids is 1. The van der Waals surface area contributed by atoms with Gasteiger partial charge in [0.25, 0.3) is 0 Å². The molecule has 0 amide bonds. The molecule has 0 aliphatic heterocycles. The van der Waals surface area contributed by atoms with Crippen LogP contribution in [0.4, 0.5) is 0 Å². The summed E-state index contributed by atoms with van der Waals surface area (Å²) in [6.07, 6.45) is 3.22. The highest BCUT2D eigenvalue weighted by Crippen LogP contribution is 2.22. The van der Waals surface area contributed by atoms with Crippen LogP contribution in [0.5, 0.6) is 0 Å². The van der Waals surface area contributed by atoms with Gasteiger partial charge in [0.15, 0.2) is 0 Å². The average molecular weight is 253 g/mol. The minimum absolute atomic E-state index is 0.269. The van der Waals surface area contributed by atoms with Gasteiger partial charge in [-0.2, -0.15) is 0 Å². The fraction of sp³-hybridized carbons (Fsp3) is 0.333. The maximum atomic E-state index is 11.8. The lowest BCUT2D eigenvalue weighted by Gasteiger charge is -2.18. The first-order valence-electron chi connectivity index (χ1n) is 5.23. The molecular weight excluding hydrogens is 240 g/mol. The number of aromatic amines is 1. The Kier molecular flexibility index (Phi) is 2.83. The number of esters is 1. The van der Waals surface area contributed by atoms with Crippen molar-refractivity contribution in [2.24, 2.45) is 0 Å². The largest absolute Gasteiger partial charge is 0.455 e. The molecular formula is C12H13ClN2O2. The van der Waals surface area contributed by atoms with Crippen LogP contribution >= 0.6 is 11.6 Å². The minimum Gasteiger partial charge on any atom is -0.455 e. The molecule has 17 heavy (non-hydrogen) atoms. The van der Waals surface area contributed by atoms with E-state index in [1.165, 1.54) is 0 Å². The SMILES string of the molecule is CC(C)(C)OC(=O)c1cc2[nH]cc(Cl)c2cn1. The molecule has 0 aromatic carbocycles. The molecule has 1 N–H and O–H groups in total. The van der Waals surface area contributed by atoms with Crippen LogP contribution in [0.1, 0.15) is 31.3 Å². The summed E-state index contributed by atoms with van der Waals surface area (Å²) in [4.78, 5) is 18.8. The topological polar surface area (TPSA) is 55.0 Å². The van der Waals surface area contributed by atoms with Crippen molar-refractivity contribution in [3.63, 3.8) is 0 Å². The zero-order chi connectivity index (χ0) is 12.6. The zero-order valence-electron chi connectivity index (χ0n) is 9.87. The van der Waals surface area contributed by atoms with Crippen molar-refractivity contribution in [2.45, 2.75) is 26.4 Å².